The molecule has 16 heavy (non-hydrogen) atoms. The number of likely N-dealkylation sites (N-methyl/N-ethyl adjacent to an activating group) is 1. The average molecular weight is 231 g/mol. The molecule has 94 valence electrons. The zero-order valence-electron chi connectivity index (χ0n) is 10.1. The summed E-state index contributed by atoms with van der Waals surface area (Å²) in [6.07, 6.45) is 1.58. The second-order valence-corrected chi connectivity index (χ2v) is 3.92. The minimum Gasteiger partial charge on any atom is -0.466 e. The summed E-state index contributed by atoms with van der Waals surface area (Å²) in [5.74, 6) is -0.137. The molecule has 0 radical (unpaired) electrons. The Morgan fingerprint density at radius 3 is 3.00 bits per heavy atom. The minimum absolute atomic E-state index is 0.137. The van der Waals surface area contributed by atoms with Gasteiger partial charge in [0.15, 0.2) is 0 Å². The SMILES string of the molecule is CCOC(=O)CCN(C)CC1CCOCO1. The number of rotatable bonds is 6. The van der Waals surface area contributed by atoms with Gasteiger partial charge >= 0.3 is 5.97 Å². The predicted molar refractivity (Wildman–Crippen MR) is 59.1 cm³/mol. The van der Waals surface area contributed by atoms with Gasteiger partial charge < -0.3 is 19.1 Å². The molecule has 0 saturated carbocycles. The highest BCUT2D eigenvalue weighted by Crippen LogP contribution is 2.07. The molecule has 1 fully saturated rings. The lowest BCUT2D eigenvalue weighted by Crippen LogP contribution is -2.36. The monoisotopic (exact) mass is 231 g/mol. The van der Waals surface area contributed by atoms with E-state index in [2.05, 4.69) is 4.90 Å². The van der Waals surface area contributed by atoms with E-state index in [1.807, 2.05) is 14.0 Å². The fourth-order valence-electron chi connectivity index (χ4n) is 1.60. The Kier molecular flexibility index (Phi) is 6.37. The van der Waals surface area contributed by atoms with Gasteiger partial charge in [0.05, 0.1) is 25.7 Å². The van der Waals surface area contributed by atoms with Crippen LogP contribution in [0.4, 0.5) is 0 Å². The van der Waals surface area contributed by atoms with Crippen LogP contribution >= 0.6 is 0 Å². The van der Waals surface area contributed by atoms with Crippen molar-refractivity contribution in [2.45, 2.75) is 25.9 Å². The smallest absolute Gasteiger partial charge is 0.307 e. The Morgan fingerprint density at radius 2 is 2.38 bits per heavy atom. The van der Waals surface area contributed by atoms with Crippen molar-refractivity contribution in [1.82, 2.24) is 4.90 Å². The second kappa shape index (κ2) is 7.60. The summed E-state index contributed by atoms with van der Waals surface area (Å²) in [7, 11) is 1.98. The van der Waals surface area contributed by atoms with Crippen LogP contribution in [0, 0.1) is 0 Å². The van der Waals surface area contributed by atoms with Crippen LogP contribution in [-0.2, 0) is 19.0 Å². The second-order valence-electron chi connectivity index (χ2n) is 3.92. The topological polar surface area (TPSA) is 48.0 Å². The van der Waals surface area contributed by atoms with Gasteiger partial charge in [0.2, 0.25) is 0 Å². The zero-order chi connectivity index (χ0) is 11.8. The van der Waals surface area contributed by atoms with Crippen LogP contribution in [-0.4, -0.2) is 57.1 Å². The van der Waals surface area contributed by atoms with E-state index >= 15 is 0 Å². The molecule has 5 nitrogen and oxygen atoms in total. The highest BCUT2D eigenvalue weighted by molar-refractivity contribution is 5.69. The molecule has 0 N–H and O–H groups in total. The highest BCUT2D eigenvalue weighted by Gasteiger charge is 2.16. The van der Waals surface area contributed by atoms with Crippen molar-refractivity contribution < 1.29 is 19.0 Å². The third kappa shape index (κ3) is 5.44. The summed E-state index contributed by atoms with van der Waals surface area (Å²) in [5.41, 5.74) is 0. The molecule has 1 saturated heterocycles. The van der Waals surface area contributed by atoms with Gasteiger partial charge in [-0.2, -0.15) is 0 Å². The van der Waals surface area contributed by atoms with Gasteiger partial charge in [-0.15, -0.1) is 0 Å². The molecule has 0 amide bonds. The maximum atomic E-state index is 11.1. The van der Waals surface area contributed by atoms with Crippen LogP contribution in [0.1, 0.15) is 19.8 Å². The maximum Gasteiger partial charge on any atom is 0.307 e. The number of hydrogen-bond acceptors (Lipinski definition) is 5. The lowest BCUT2D eigenvalue weighted by atomic mass is 10.2. The minimum atomic E-state index is -0.137. The Bertz CT molecular complexity index is 204. The van der Waals surface area contributed by atoms with E-state index in [1.165, 1.54) is 0 Å². The summed E-state index contributed by atoms with van der Waals surface area (Å²) in [4.78, 5) is 13.2. The molecule has 0 bridgehead atoms. The molecule has 5 heteroatoms. The standard InChI is InChI=1S/C11H21NO4/c1-3-15-11(13)4-6-12(2)8-10-5-7-14-9-16-10/h10H,3-9H2,1-2H3. The summed E-state index contributed by atoms with van der Waals surface area (Å²) < 4.78 is 15.4. The lowest BCUT2D eigenvalue weighted by molar-refractivity contribution is -0.147. The normalized spacial score (nSPS) is 21.1. The van der Waals surface area contributed by atoms with Gasteiger partial charge in [-0.1, -0.05) is 0 Å². The van der Waals surface area contributed by atoms with Crippen LogP contribution in [0.3, 0.4) is 0 Å². The molecule has 0 aromatic carbocycles. The average Bonchev–Trinajstić information content (AvgIpc) is 2.28. The van der Waals surface area contributed by atoms with E-state index < -0.39 is 0 Å². The number of hydrogen-bond donors (Lipinski definition) is 0. The molecule has 0 aromatic heterocycles. The highest BCUT2D eigenvalue weighted by atomic mass is 16.7. The third-order valence-corrected chi connectivity index (χ3v) is 2.49. The largest absolute Gasteiger partial charge is 0.466 e. The Labute approximate surface area is 96.6 Å². The number of ether oxygens (including phenoxy) is 3. The summed E-state index contributed by atoms with van der Waals surface area (Å²) in [6, 6.07) is 0. The predicted octanol–water partition coefficient (Wildman–Crippen LogP) is 0.634. The van der Waals surface area contributed by atoms with E-state index in [4.69, 9.17) is 14.2 Å². The molecular formula is C11H21NO4. The van der Waals surface area contributed by atoms with Crippen molar-refractivity contribution in [2.75, 3.05) is 40.1 Å². The molecule has 1 unspecified atom stereocenters. The number of nitrogens with zero attached hydrogens (tertiary/aromatic N) is 1. The number of carbonyl (C=O) groups is 1. The molecule has 0 spiro atoms. The fourth-order valence-corrected chi connectivity index (χ4v) is 1.60. The van der Waals surface area contributed by atoms with Gasteiger partial charge in [-0.25, -0.2) is 0 Å². The molecule has 0 aliphatic carbocycles. The first-order valence-corrected chi connectivity index (χ1v) is 5.76. The Hall–Kier alpha value is -0.650. The van der Waals surface area contributed by atoms with E-state index in [0.717, 1.165) is 19.6 Å². The Morgan fingerprint density at radius 1 is 1.56 bits per heavy atom. The van der Waals surface area contributed by atoms with Crippen LogP contribution in [0.2, 0.25) is 0 Å². The van der Waals surface area contributed by atoms with Crippen molar-refractivity contribution >= 4 is 5.97 Å². The van der Waals surface area contributed by atoms with Crippen LogP contribution < -0.4 is 0 Å². The Balaban J connectivity index is 2.09. The van der Waals surface area contributed by atoms with Gasteiger partial charge in [-0.3, -0.25) is 4.79 Å². The van der Waals surface area contributed by atoms with Crippen molar-refractivity contribution in [3.8, 4) is 0 Å². The lowest BCUT2D eigenvalue weighted by Gasteiger charge is -2.27. The maximum absolute atomic E-state index is 11.1. The molecule has 1 aliphatic heterocycles. The van der Waals surface area contributed by atoms with Gasteiger partial charge in [-0.05, 0) is 20.4 Å². The molecule has 1 aliphatic rings. The van der Waals surface area contributed by atoms with E-state index in [0.29, 0.717) is 26.4 Å². The molecule has 1 heterocycles. The van der Waals surface area contributed by atoms with Gasteiger partial charge in [0.1, 0.15) is 6.79 Å². The first-order valence-electron chi connectivity index (χ1n) is 5.76. The van der Waals surface area contributed by atoms with Crippen molar-refractivity contribution in [2.24, 2.45) is 0 Å². The fraction of sp³-hybridized carbons (Fsp3) is 0.909. The molecule has 1 rings (SSSR count). The first kappa shape index (κ1) is 13.4. The number of carbonyl (C=O) groups excluding carboxylic acids is 1. The van der Waals surface area contributed by atoms with Crippen LogP contribution in [0.5, 0.6) is 0 Å². The summed E-state index contributed by atoms with van der Waals surface area (Å²) >= 11 is 0. The molecule has 0 aromatic rings. The van der Waals surface area contributed by atoms with Crippen LogP contribution in [0.25, 0.3) is 0 Å². The number of esters is 1. The van der Waals surface area contributed by atoms with Crippen LogP contribution in [0.15, 0.2) is 0 Å². The van der Waals surface area contributed by atoms with Crippen molar-refractivity contribution in [1.29, 1.82) is 0 Å². The summed E-state index contributed by atoms with van der Waals surface area (Å²) in [5, 5.41) is 0. The van der Waals surface area contributed by atoms with Crippen molar-refractivity contribution in [3.63, 3.8) is 0 Å². The van der Waals surface area contributed by atoms with Gasteiger partial charge in [0.25, 0.3) is 0 Å². The van der Waals surface area contributed by atoms with E-state index in [-0.39, 0.29) is 12.1 Å². The van der Waals surface area contributed by atoms with E-state index in [1.54, 1.807) is 0 Å². The van der Waals surface area contributed by atoms with Gasteiger partial charge in [0, 0.05) is 13.1 Å². The molecule has 1 atom stereocenters. The third-order valence-electron chi connectivity index (χ3n) is 2.49. The van der Waals surface area contributed by atoms with E-state index in [9.17, 15) is 4.79 Å². The first-order chi connectivity index (χ1) is 7.72. The molecular weight excluding hydrogens is 210 g/mol. The van der Waals surface area contributed by atoms with Crippen molar-refractivity contribution in [3.05, 3.63) is 0 Å². The quantitative estimate of drug-likeness (QED) is 0.628. The zero-order valence-corrected chi connectivity index (χ0v) is 10.1. The summed E-state index contributed by atoms with van der Waals surface area (Å²) in [6.45, 7) is 4.96.